The number of aliphatic hydroxyl groups excluding tert-OH is 1. The zero-order chi connectivity index (χ0) is 10.8. The monoisotopic (exact) mass is 216 g/mol. The van der Waals surface area contributed by atoms with Crippen molar-refractivity contribution in [3.8, 4) is 0 Å². The number of nitrogen functional groups attached to an aromatic ring is 1. The van der Waals surface area contributed by atoms with Gasteiger partial charge in [0, 0.05) is 23.6 Å². The summed E-state index contributed by atoms with van der Waals surface area (Å²) in [7, 11) is 1.93. The number of anilines is 1. The molecule has 3 N–H and O–H groups in total. The molecular formula is C8H16N4OS. The first-order chi connectivity index (χ1) is 6.47. The fourth-order valence-electron chi connectivity index (χ4n) is 0.885. The lowest BCUT2D eigenvalue weighted by Crippen LogP contribution is -2.43. The zero-order valence-corrected chi connectivity index (χ0v) is 9.51. The topological polar surface area (TPSA) is 75.3 Å². The van der Waals surface area contributed by atoms with Crippen molar-refractivity contribution in [1.29, 1.82) is 0 Å². The van der Waals surface area contributed by atoms with Crippen LogP contribution in [0.1, 0.15) is 19.5 Å². The Morgan fingerprint density at radius 3 is 2.64 bits per heavy atom. The maximum Gasteiger partial charge on any atom is 0.132 e. The first kappa shape index (κ1) is 11.4. The molecule has 5 nitrogen and oxygen atoms in total. The largest absolute Gasteiger partial charge is 0.394 e. The summed E-state index contributed by atoms with van der Waals surface area (Å²) in [5.74, 6) is 0. The van der Waals surface area contributed by atoms with E-state index in [1.54, 1.807) is 0 Å². The number of aliphatic hydroxyl groups is 1. The number of rotatable bonds is 4. The van der Waals surface area contributed by atoms with Crippen LogP contribution in [-0.2, 0) is 6.54 Å². The highest BCUT2D eigenvalue weighted by atomic mass is 32.1. The molecule has 6 heteroatoms. The number of likely N-dealkylation sites (N-methyl/N-ethyl adjacent to an activating group) is 1. The number of hydrogen-bond donors (Lipinski definition) is 2. The Morgan fingerprint density at radius 2 is 2.21 bits per heavy atom. The van der Waals surface area contributed by atoms with Gasteiger partial charge >= 0.3 is 0 Å². The average molecular weight is 216 g/mol. The molecule has 0 aliphatic carbocycles. The highest BCUT2D eigenvalue weighted by Crippen LogP contribution is 2.19. The van der Waals surface area contributed by atoms with Gasteiger partial charge in [-0.05, 0) is 20.9 Å². The Labute approximate surface area is 87.7 Å². The molecule has 1 heterocycles. The van der Waals surface area contributed by atoms with Crippen molar-refractivity contribution in [2.24, 2.45) is 0 Å². The summed E-state index contributed by atoms with van der Waals surface area (Å²) in [6, 6.07) is 0. The maximum absolute atomic E-state index is 9.16. The van der Waals surface area contributed by atoms with Crippen LogP contribution in [0.2, 0.25) is 0 Å². The lowest BCUT2D eigenvalue weighted by molar-refractivity contribution is 0.0726. The van der Waals surface area contributed by atoms with E-state index in [4.69, 9.17) is 10.8 Å². The Bertz CT molecular complexity index is 299. The van der Waals surface area contributed by atoms with Crippen molar-refractivity contribution in [3.05, 3.63) is 5.69 Å². The molecule has 0 radical (unpaired) electrons. The van der Waals surface area contributed by atoms with Gasteiger partial charge in [0.25, 0.3) is 0 Å². The molecule has 0 saturated carbocycles. The number of nitrogens with zero attached hydrogens (tertiary/aromatic N) is 3. The van der Waals surface area contributed by atoms with E-state index in [2.05, 4.69) is 9.59 Å². The highest BCUT2D eigenvalue weighted by molar-refractivity contribution is 7.09. The second-order valence-corrected chi connectivity index (χ2v) is 4.70. The summed E-state index contributed by atoms with van der Waals surface area (Å²) in [6.45, 7) is 4.63. The van der Waals surface area contributed by atoms with Crippen molar-refractivity contribution < 1.29 is 5.11 Å². The highest BCUT2D eigenvalue weighted by Gasteiger charge is 2.23. The maximum atomic E-state index is 9.16. The molecular weight excluding hydrogens is 200 g/mol. The smallest absolute Gasteiger partial charge is 0.132 e. The minimum atomic E-state index is -0.268. The molecule has 0 aromatic carbocycles. The van der Waals surface area contributed by atoms with E-state index in [1.165, 1.54) is 11.5 Å². The van der Waals surface area contributed by atoms with Crippen LogP contribution < -0.4 is 5.73 Å². The van der Waals surface area contributed by atoms with Crippen LogP contribution in [0.15, 0.2) is 0 Å². The molecule has 1 aromatic rings. The molecule has 0 unspecified atom stereocenters. The number of aromatic nitrogens is 2. The van der Waals surface area contributed by atoms with Gasteiger partial charge in [-0.15, -0.1) is 5.10 Å². The SMILES string of the molecule is CN(Cc1nnsc1N)C(C)(C)CO. The van der Waals surface area contributed by atoms with Crippen LogP contribution in [0.5, 0.6) is 0 Å². The van der Waals surface area contributed by atoms with Gasteiger partial charge in [-0.3, -0.25) is 4.90 Å². The lowest BCUT2D eigenvalue weighted by Gasteiger charge is -2.33. The van der Waals surface area contributed by atoms with E-state index in [1.807, 2.05) is 25.8 Å². The Morgan fingerprint density at radius 1 is 1.57 bits per heavy atom. The molecule has 0 amide bonds. The van der Waals surface area contributed by atoms with Gasteiger partial charge in [0.15, 0.2) is 0 Å². The summed E-state index contributed by atoms with van der Waals surface area (Å²) in [5.41, 5.74) is 6.19. The Balaban J connectivity index is 2.66. The standard InChI is InChI=1S/C8H16N4OS/c1-8(2,5-13)12(3)4-6-7(9)14-11-10-6/h13H,4-5,9H2,1-3H3. The quantitative estimate of drug-likeness (QED) is 0.758. The van der Waals surface area contributed by atoms with E-state index in [9.17, 15) is 0 Å². The molecule has 1 aromatic heterocycles. The van der Waals surface area contributed by atoms with Crippen LogP contribution in [0.3, 0.4) is 0 Å². The Hall–Kier alpha value is -0.720. The molecule has 1 rings (SSSR count). The van der Waals surface area contributed by atoms with Crippen molar-refractivity contribution in [2.75, 3.05) is 19.4 Å². The molecule has 0 bridgehead atoms. The van der Waals surface area contributed by atoms with Crippen LogP contribution in [-0.4, -0.2) is 38.8 Å². The Kier molecular flexibility index (Phi) is 3.41. The van der Waals surface area contributed by atoms with Gasteiger partial charge < -0.3 is 10.8 Å². The fraction of sp³-hybridized carbons (Fsp3) is 0.750. The van der Waals surface area contributed by atoms with E-state index in [-0.39, 0.29) is 12.1 Å². The second-order valence-electron chi connectivity index (χ2n) is 3.91. The van der Waals surface area contributed by atoms with Crippen molar-refractivity contribution in [1.82, 2.24) is 14.5 Å². The third kappa shape index (κ3) is 2.40. The third-order valence-electron chi connectivity index (χ3n) is 2.39. The summed E-state index contributed by atoms with van der Waals surface area (Å²) >= 11 is 1.19. The van der Waals surface area contributed by atoms with Gasteiger partial charge in [0.1, 0.15) is 10.7 Å². The number of nitrogens with two attached hydrogens (primary N) is 1. The summed E-state index contributed by atoms with van der Waals surface area (Å²) in [4.78, 5) is 2.00. The van der Waals surface area contributed by atoms with Gasteiger partial charge in [-0.1, -0.05) is 4.49 Å². The van der Waals surface area contributed by atoms with Gasteiger partial charge in [-0.25, -0.2) is 0 Å². The average Bonchev–Trinajstić information content (AvgIpc) is 2.52. The second kappa shape index (κ2) is 4.20. The third-order valence-corrected chi connectivity index (χ3v) is 2.99. The summed E-state index contributed by atoms with van der Waals surface area (Å²) in [6.07, 6.45) is 0. The van der Waals surface area contributed by atoms with Gasteiger partial charge in [0.2, 0.25) is 0 Å². The van der Waals surface area contributed by atoms with E-state index in [0.717, 1.165) is 5.69 Å². The molecule has 0 atom stereocenters. The minimum Gasteiger partial charge on any atom is -0.394 e. The zero-order valence-electron chi connectivity index (χ0n) is 8.69. The van der Waals surface area contributed by atoms with Gasteiger partial charge in [-0.2, -0.15) is 0 Å². The van der Waals surface area contributed by atoms with E-state index < -0.39 is 0 Å². The molecule has 80 valence electrons. The normalized spacial score (nSPS) is 12.4. The molecule has 0 fully saturated rings. The summed E-state index contributed by atoms with van der Waals surface area (Å²) in [5, 5.41) is 13.7. The fourth-order valence-corrected chi connectivity index (χ4v) is 1.32. The molecule has 0 saturated heterocycles. The van der Waals surface area contributed by atoms with E-state index >= 15 is 0 Å². The minimum absolute atomic E-state index is 0.0982. The molecule has 0 spiro atoms. The predicted octanol–water partition coefficient (Wildman–Crippen LogP) is 0.323. The van der Waals surface area contributed by atoms with Crippen LogP contribution in [0, 0.1) is 0 Å². The van der Waals surface area contributed by atoms with Crippen LogP contribution >= 0.6 is 11.5 Å². The predicted molar refractivity (Wildman–Crippen MR) is 57.0 cm³/mol. The lowest BCUT2D eigenvalue weighted by atomic mass is 10.1. The first-order valence-electron chi connectivity index (χ1n) is 4.36. The molecule has 14 heavy (non-hydrogen) atoms. The van der Waals surface area contributed by atoms with E-state index in [0.29, 0.717) is 11.5 Å². The van der Waals surface area contributed by atoms with Crippen molar-refractivity contribution >= 4 is 16.5 Å². The summed E-state index contributed by atoms with van der Waals surface area (Å²) < 4.78 is 3.76. The van der Waals surface area contributed by atoms with Crippen LogP contribution in [0.25, 0.3) is 0 Å². The van der Waals surface area contributed by atoms with Crippen molar-refractivity contribution in [2.45, 2.75) is 25.9 Å². The van der Waals surface area contributed by atoms with Crippen molar-refractivity contribution in [3.63, 3.8) is 0 Å². The van der Waals surface area contributed by atoms with Crippen LogP contribution in [0.4, 0.5) is 5.00 Å². The van der Waals surface area contributed by atoms with Gasteiger partial charge in [0.05, 0.1) is 6.61 Å². The first-order valence-corrected chi connectivity index (χ1v) is 5.13. The number of hydrogen-bond acceptors (Lipinski definition) is 6. The molecule has 0 aliphatic rings. The molecule has 0 aliphatic heterocycles.